The summed E-state index contributed by atoms with van der Waals surface area (Å²) in [5, 5.41) is 7.77. The first-order chi connectivity index (χ1) is 14.9. The van der Waals surface area contributed by atoms with Crippen LogP contribution in [0.25, 0.3) is 0 Å². The van der Waals surface area contributed by atoms with Crippen molar-refractivity contribution in [3.8, 4) is 0 Å². The van der Waals surface area contributed by atoms with Crippen molar-refractivity contribution >= 4 is 23.9 Å². The lowest BCUT2D eigenvalue weighted by atomic mass is 10.0. The highest BCUT2D eigenvalue weighted by molar-refractivity contribution is 5.92. The lowest BCUT2D eigenvalue weighted by Crippen LogP contribution is -2.55. The van der Waals surface area contributed by atoms with E-state index in [2.05, 4.69) is 20.7 Å². The van der Waals surface area contributed by atoms with E-state index in [1.54, 1.807) is 20.8 Å². The van der Waals surface area contributed by atoms with Crippen LogP contribution in [0.15, 0.2) is 30.3 Å². The maximum absolute atomic E-state index is 13.1. The lowest BCUT2D eigenvalue weighted by molar-refractivity contribution is -0.141. The maximum Gasteiger partial charge on any atom is 0.408 e. The predicted octanol–water partition coefficient (Wildman–Crippen LogP) is 1.94. The van der Waals surface area contributed by atoms with E-state index in [1.165, 1.54) is 7.11 Å². The zero-order valence-electron chi connectivity index (χ0n) is 19.7. The number of nitrogens with one attached hydrogen (secondary N) is 3. The van der Waals surface area contributed by atoms with E-state index in [0.29, 0.717) is 6.42 Å². The molecule has 0 spiro atoms. The van der Waals surface area contributed by atoms with Crippen molar-refractivity contribution in [2.75, 3.05) is 13.7 Å². The molecule has 0 aliphatic heterocycles. The van der Waals surface area contributed by atoms with Gasteiger partial charge < -0.3 is 25.4 Å². The molecule has 1 rings (SSSR count). The molecule has 0 bridgehead atoms. The first-order valence-corrected chi connectivity index (χ1v) is 10.6. The molecule has 0 saturated carbocycles. The summed E-state index contributed by atoms with van der Waals surface area (Å²) in [5.74, 6) is -1.54. The molecule has 1 aromatic carbocycles. The molecule has 9 nitrogen and oxygen atoms in total. The Balaban J connectivity index is 2.98. The molecule has 0 unspecified atom stereocenters. The van der Waals surface area contributed by atoms with Gasteiger partial charge in [-0.3, -0.25) is 14.4 Å². The summed E-state index contributed by atoms with van der Waals surface area (Å²) in [6.07, 6.45) is -0.169. The molecule has 2 atom stereocenters. The second-order valence-corrected chi connectivity index (χ2v) is 8.87. The topological polar surface area (TPSA) is 123 Å². The van der Waals surface area contributed by atoms with Gasteiger partial charge in [-0.1, -0.05) is 44.2 Å². The number of benzene rings is 1. The van der Waals surface area contributed by atoms with Crippen LogP contribution in [-0.4, -0.2) is 55.2 Å². The van der Waals surface area contributed by atoms with Crippen molar-refractivity contribution in [1.82, 2.24) is 16.0 Å². The highest BCUT2D eigenvalue weighted by atomic mass is 16.6. The van der Waals surface area contributed by atoms with E-state index in [-0.39, 0.29) is 18.9 Å². The van der Waals surface area contributed by atoms with Gasteiger partial charge in [-0.25, -0.2) is 4.79 Å². The van der Waals surface area contributed by atoms with Gasteiger partial charge in [0.05, 0.1) is 7.11 Å². The Morgan fingerprint density at radius 3 is 2.09 bits per heavy atom. The van der Waals surface area contributed by atoms with Crippen LogP contribution in [-0.2, 0) is 30.3 Å². The highest BCUT2D eigenvalue weighted by Crippen LogP contribution is 2.10. The number of methoxy groups -OCH3 is 1. The van der Waals surface area contributed by atoms with Gasteiger partial charge in [-0.15, -0.1) is 0 Å². The second-order valence-electron chi connectivity index (χ2n) is 8.87. The van der Waals surface area contributed by atoms with E-state index < -0.39 is 41.6 Å². The Morgan fingerprint density at radius 1 is 0.938 bits per heavy atom. The van der Waals surface area contributed by atoms with Gasteiger partial charge in [0.1, 0.15) is 24.2 Å². The number of ether oxygens (including phenoxy) is 2. The first-order valence-electron chi connectivity index (χ1n) is 10.6. The summed E-state index contributed by atoms with van der Waals surface area (Å²) in [6.45, 7) is 8.69. The molecule has 1 aromatic rings. The third-order valence-electron chi connectivity index (χ3n) is 4.26. The Morgan fingerprint density at radius 2 is 1.56 bits per heavy atom. The van der Waals surface area contributed by atoms with Crippen LogP contribution in [0.2, 0.25) is 0 Å². The molecule has 0 saturated heterocycles. The smallest absolute Gasteiger partial charge is 0.408 e. The van der Waals surface area contributed by atoms with E-state index in [1.807, 2.05) is 44.2 Å². The first kappa shape index (κ1) is 26.9. The minimum atomic E-state index is -0.963. The molecule has 0 aromatic heterocycles. The van der Waals surface area contributed by atoms with Crippen molar-refractivity contribution in [3.05, 3.63) is 35.9 Å². The summed E-state index contributed by atoms with van der Waals surface area (Å²) in [7, 11) is 1.22. The molecule has 3 amide bonds. The van der Waals surface area contributed by atoms with Gasteiger partial charge in [0, 0.05) is 6.42 Å². The molecule has 0 aliphatic rings. The molecular formula is C23H35N3O6. The monoisotopic (exact) mass is 449 g/mol. The van der Waals surface area contributed by atoms with E-state index >= 15 is 0 Å². The van der Waals surface area contributed by atoms with E-state index in [0.717, 1.165) is 5.56 Å². The fraction of sp³-hybridized carbons (Fsp3) is 0.565. The average molecular weight is 450 g/mol. The standard InChI is InChI=1S/C23H35N3O6/c1-15(2)12-17(20(28)24-14-19(27)31-6)25-21(29)18(13-16-10-8-7-9-11-16)26-22(30)32-23(3,4)5/h7-11,15,17-18H,12-14H2,1-6H3,(H,24,28)(H,25,29)(H,26,30)/t17-,18-/m0/s1. The molecule has 3 N–H and O–H groups in total. The number of amides is 3. The van der Waals surface area contributed by atoms with Gasteiger partial charge in [0.25, 0.3) is 0 Å². The number of hydrogen-bond donors (Lipinski definition) is 3. The minimum absolute atomic E-state index is 0.0931. The summed E-state index contributed by atoms with van der Waals surface area (Å²) in [6, 6.07) is 7.35. The van der Waals surface area contributed by atoms with Crippen molar-refractivity contribution < 1.29 is 28.7 Å². The van der Waals surface area contributed by atoms with Gasteiger partial charge in [0.2, 0.25) is 11.8 Å². The van der Waals surface area contributed by atoms with Crippen LogP contribution in [0.4, 0.5) is 4.79 Å². The molecule has 32 heavy (non-hydrogen) atoms. The summed E-state index contributed by atoms with van der Waals surface area (Å²) in [5.41, 5.74) is 0.102. The maximum atomic E-state index is 13.1. The molecule has 0 heterocycles. The quantitative estimate of drug-likeness (QED) is 0.469. The van der Waals surface area contributed by atoms with E-state index in [4.69, 9.17) is 4.74 Å². The van der Waals surface area contributed by atoms with Crippen LogP contribution in [0.3, 0.4) is 0 Å². The van der Waals surface area contributed by atoms with Gasteiger partial charge in [0.15, 0.2) is 0 Å². The summed E-state index contributed by atoms with van der Waals surface area (Å²) >= 11 is 0. The fourth-order valence-electron chi connectivity index (χ4n) is 2.84. The Labute approximate surface area is 189 Å². The fourth-order valence-corrected chi connectivity index (χ4v) is 2.84. The summed E-state index contributed by atoms with van der Waals surface area (Å²) < 4.78 is 9.82. The van der Waals surface area contributed by atoms with Crippen LogP contribution in [0, 0.1) is 5.92 Å². The number of esters is 1. The van der Waals surface area contributed by atoms with Crippen molar-refractivity contribution in [2.24, 2.45) is 5.92 Å². The molecule has 0 aliphatic carbocycles. The van der Waals surface area contributed by atoms with Gasteiger partial charge in [-0.2, -0.15) is 0 Å². The Hall–Kier alpha value is -3.10. The highest BCUT2D eigenvalue weighted by Gasteiger charge is 2.29. The normalized spacial score (nSPS) is 13.0. The average Bonchev–Trinajstić information content (AvgIpc) is 2.69. The third kappa shape index (κ3) is 10.8. The number of rotatable bonds is 10. The van der Waals surface area contributed by atoms with E-state index in [9.17, 15) is 19.2 Å². The molecule has 0 fully saturated rings. The van der Waals surface area contributed by atoms with Crippen molar-refractivity contribution in [2.45, 2.75) is 65.1 Å². The third-order valence-corrected chi connectivity index (χ3v) is 4.26. The van der Waals surface area contributed by atoms with Crippen molar-refractivity contribution in [3.63, 3.8) is 0 Å². The number of carbonyl (C=O) groups excluding carboxylic acids is 4. The second kappa shape index (κ2) is 12.7. The van der Waals surface area contributed by atoms with Crippen LogP contribution >= 0.6 is 0 Å². The Kier molecular flexibility index (Phi) is 10.7. The van der Waals surface area contributed by atoms with Crippen molar-refractivity contribution in [1.29, 1.82) is 0 Å². The molecule has 178 valence electrons. The molecule has 9 heteroatoms. The van der Waals surface area contributed by atoms with Gasteiger partial charge in [-0.05, 0) is 38.7 Å². The molecule has 0 radical (unpaired) electrons. The van der Waals surface area contributed by atoms with Crippen LogP contribution in [0.5, 0.6) is 0 Å². The number of hydrogen-bond acceptors (Lipinski definition) is 6. The van der Waals surface area contributed by atoms with Gasteiger partial charge >= 0.3 is 12.1 Å². The molecular weight excluding hydrogens is 414 g/mol. The van der Waals surface area contributed by atoms with Crippen LogP contribution < -0.4 is 16.0 Å². The Bertz CT molecular complexity index is 774. The number of carbonyl (C=O) groups is 4. The zero-order chi connectivity index (χ0) is 24.3. The lowest BCUT2D eigenvalue weighted by Gasteiger charge is -2.26. The summed E-state index contributed by atoms with van der Waals surface area (Å²) in [4.78, 5) is 49.3. The zero-order valence-corrected chi connectivity index (χ0v) is 19.7. The SMILES string of the molecule is COC(=O)CNC(=O)[C@H](CC(C)C)NC(=O)[C@H](Cc1ccccc1)NC(=O)OC(C)(C)C. The predicted molar refractivity (Wildman–Crippen MR) is 120 cm³/mol. The number of alkyl carbamates (subject to hydrolysis) is 1. The largest absolute Gasteiger partial charge is 0.468 e. The minimum Gasteiger partial charge on any atom is -0.468 e. The van der Waals surface area contributed by atoms with Crippen LogP contribution in [0.1, 0.15) is 46.6 Å².